The molecule has 0 radical (unpaired) electrons. The van der Waals surface area contributed by atoms with Crippen molar-refractivity contribution in [1.29, 1.82) is 0 Å². The minimum absolute atomic E-state index is 0.0853. The number of benzene rings is 2. The molecule has 0 spiro atoms. The Hall–Kier alpha value is -1.96. The molecule has 0 heterocycles. The van der Waals surface area contributed by atoms with E-state index in [2.05, 4.69) is 12.1 Å². The predicted octanol–water partition coefficient (Wildman–Crippen LogP) is 4.83. The molecule has 3 rings (SSSR count). The van der Waals surface area contributed by atoms with E-state index in [1.54, 1.807) is 25.1 Å². The molecular weight excluding hydrogens is 263 g/mol. The molecule has 1 nitrogen and oxygen atoms in total. The summed E-state index contributed by atoms with van der Waals surface area (Å²) in [6.45, 7) is 1.70. The van der Waals surface area contributed by atoms with Crippen LogP contribution in [-0.2, 0) is 6.42 Å². The van der Waals surface area contributed by atoms with Crippen LogP contribution in [-0.4, -0.2) is 5.78 Å². The van der Waals surface area contributed by atoms with Crippen molar-refractivity contribution in [2.45, 2.75) is 38.5 Å². The van der Waals surface area contributed by atoms with Crippen molar-refractivity contribution < 1.29 is 9.18 Å². The Balaban J connectivity index is 1.85. The van der Waals surface area contributed by atoms with Crippen molar-refractivity contribution in [3.8, 4) is 0 Å². The summed E-state index contributed by atoms with van der Waals surface area (Å²) in [7, 11) is 0. The summed E-state index contributed by atoms with van der Waals surface area (Å²) in [6.07, 6.45) is 3.60. The summed E-state index contributed by atoms with van der Waals surface area (Å²) in [4.78, 5) is 12.5. The molecule has 1 unspecified atom stereocenters. The molecule has 0 bridgehead atoms. The number of ketones is 1. The zero-order chi connectivity index (χ0) is 14.8. The number of carbonyl (C=O) groups is 1. The van der Waals surface area contributed by atoms with Gasteiger partial charge in [-0.15, -0.1) is 0 Å². The molecule has 21 heavy (non-hydrogen) atoms. The zero-order valence-corrected chi connectivity index (χ0v) is 12.2. The Morgan fingerprint density at radius 1 is 1.19 bits per heavy atom. The summed E-state index contributed by atoms with van der Waals surface area (Å²) >= 11 is 0. The van der Waals surface area contributed by atoms with Gasteiger partial charge in [0.25, 0.3) is 0 Å². The predicted molar refractivity (Wildman–Crippen MR) is 82.2 cm³/mol. The standard InChI is InChI=1S/C19H19FO/c1-13-6-4-11-17(19(13)20)18(21)12-15-9-5-8-14-7-2-3-10-16(14)15/h2-4,6-7,10-11,15H,5,8-9,12H2,1H3. The van der Waals surface area contributed by atoms with E-state index < -0.39 is 0 Å². The minimum atomic E-state index is -0.369. The van der Waals surface area contributed by atoms with E-state index in [0.717, 1.165) is 19.3 Å². The van der Waals surface area contributed by atoms with Gasteiger partial charge in [-0.3, -0.25) is 4.79 Å². The van der Waals surface area contributed by atoms with Gasteiger partial charge < -0.3 is 0 Å². The average Bonchev–Trinajstić information content (AvgIpc) is 2.50. The molecular formula is C19H19FO. The lowest BCUT2D eigenvalue weighted by molar-refractivity contribution is 0.0967. The third-order valence-corrected chi connectivity index (χ3v) is 4.42. The van der Waals surface area contributed by atoms with E-state index in [-0.39, 0.29) is 23.1 Å². The molecule has 0 fully saturated rings. The lowest BCUT2D eigenvalue weighted by Gasteiger charge is -2.25. The zero-order valence-electron chi connectivity index (χ0n) is 12.2. The van der Waals surface area contributed by atoms with Gasteiger partial charge in [-0.25, -0.2) is 4.39 Å². The number of carbonyl (C=O) groups excluding carboxylic acids is 1. The number of rotatable bonds is 3. The van der Waals surface area contributed by atoms with Crippen molar-refractivity contribution in [3.05, 3.63) is 70.5 Å². The highest BCUT2D eigenvalue weighted by atomic mass is 19.1. The van der Waals surface area contributed by atoms with E-state index >= 15 is 0 Å². The quantitative estimate of drug-likeness (QED) is 0.737. The SMILES string of the molecule is Cc1cccc(C(=O)CC2CCCc3ccccc32)c1F. The van der Waals surface area contributed by atoms with Gasteiger partial charge >= 0.3 is 0 Å². The first kappa shape index (κ1) is 14.0. The van der Waals surface area contributed by atoms with Crippen molar-refractivity contribution >= 4 is 5.78 Å². The van der Waals surface area contributed by atoms with Crippen LogP contribution in [0.4, 0.5) is 4.39 Å². The minimum Gasteiger partial charge on any atom is -0.294 e. The third-order valence-electron chi connectivity index (χ3n) is 4.42. The first-order valence-electron chi connectivity index (χ1n) is 7.53. The second-order valence-corrected chi connectivity index (χ2v) is 5.85. The molecule has 0 N–H and O–H groups in total. The van der Waals surface area contributed by atoms with Crippen LogP contribution < -0.4 is 0 Å². The summed E-state index contributed by atoms with van der Waals surface area (Å²) in [5.74, 6) is -0.230. The lowest BCUT2D eigenvalue weighted by atomic mass is 9.79. The van der Waals surface area contributed by atoms with E-state index in [4.69, 9.17) is 0 Å². The molecule has 1 atom stereocenters. The maximum atomic E-state index is 14.1. The first-order valence-corrected chi connectivity index (χ1v) is 7.53. The Bertz CT molecular complexity index is 675. The molecule has 0 amide bonds. The number of Topliss-reactive ketones (excluding diaryl/α,β-unsaturated/α-hetero) is 1. The third kappa shape index (κ3) is 2.76. The highest BCUT2D eigenvalue weighted by Gasteiger charge is 2.24. The average molecular weight is 282 g/mol. The summed E-state index contributed by atoms with van der Waals surface area (Å²) < 4.78 is 14.1. The Morgan fingerprint density at radius 3 is 2.86 bits per heavy atom. The van der Waals surface area contributed by atoms with Crippen LogP contribution in [0, 0.1) is 12.7 Å². The van der Waals surface area contributed by atoms with Gasteiger partial charge in [0.15, 0.2) is 5.78 Å². The fourth-order valence-corrected chi connectivity index (χ4v) is 3.26. The highest BCUT2D eigenvalue weighted by Crippen LogP contribution is 2.34. The summed E-state index contributed by atoms with van der Waals surface area (Å²) in [5, 5.41) is 0. The Labute approximate surface area is 124 Å². The number of hydrogen-bond acceptors (Lipinski definition) is 1. The molecule has 1 aliphatic rings. The van der Waals surface area contributed by atoms with E-state index in [0.29, 0.717) is 12.0 Å². The van der Waals surface area contributed by atoms with E-state index in [9.17, 15) is 9.18 Å². The molecule has 2 aromatic carbocycles. The van der Waals surface area contributed by atoms with Crippen molar-refractivity contribution in [2.24, 2.45) is 0 Å². The number of hydrogen-bond donors (Lipinski definition) is 0. The van der Waals surface area contributed by atoms with Crippen molar-refractivity contribution in [1.82, 2.24) is 0 Å². The molecule has 2 heteroatoms. The van der Waals surface area contributed by atoms with E-state index in [1.807, 2.05) is 12.1 Å². The van der Waals surface area contributed by atoms with Crippen LogP contribution in [0.1, 0.15) is 52.2 Å². The number of halogens is 1. The molecule has 1 aliphatic carbocycles. The van der Waals surface area contributed by atoms with Gasteiger partial charge in [0.05, 0.1) is 5.56 Å². The number of aryl methyl sites for hydroxylation is 2. The lowest BCUT2D eigenvalue weighted by Crippen LogP contribution is -2.15. The van der Waals surface area contributed by atoms with Gasteiger partial charge in [-0.2, -0.15) is 0 Å². The molecule has 2 aromatic rings. The van der Waals surface area contributed by atoms with Crippen LogP contribution in [0.3, 0.4) is 0 Å². The summed E-state index contributed by atoms with van der Waals surface area (Å²) in [5.41, 5.74) is 3.37. The van der Waals surface area contributed by atoms with Crippen LogP contribution in [0.2, 0.25) is 0 Å². The topological polar surface area (TPSA) is 17.1 Å². The van der Waals surface area contributed by atoms with Crippen molar-refractivity contribution in [2.75, 3.05) is 0 Å². The second-order valence-electron chi connectivity index (χ2n) is 5.85. The summed E-state index contributed by atoms with van der Waals surface area (Å²) in [6, 6.07) is 13.4. The maximum Gasteiger partial charge on any atom is 0.166 e. The second kappa shape index (κ2) is 5.80. The van der Waals surface area contributed by atoms with Gasteiger partial charge in [0, 0.05) is 6.42 Å². The maximum absolute atomic E-state index is 14.1. The largest absolute Gasteiger partial charge is 0.294 e. The van der Waals surface area contributed by atoms with Crippen LogP contribution >= 0.6 is 0 Å². The van der Waals surface area contributed by atoms with Gasteiger partial charge in [-0.1, -0.05) is 36.4 Å². The molecule has 0 aromatic heterocycles. The normalized spacial score (nSPS) is 17.3. The van der Waals surface area contributed by atoms with Gasteiger partial charge in [-0.05, 0) is 54.9 Å². The smallest absolute Gasteiger partial charge is 0.166 e. The van der Waals surface area contributed by atoms with Crippen LogP contribution in [0.15, 0.2) is 42.5 Å². The molecule has 108 valence electrons. The molecule has 0 saturated carbocycles. The fraction of sp³-hybridized carbons (Fsp3) is 0.316. The number of fused-ring (bicyclic) bond motifs is 1. The molecule has 0 aliphatic heterocycles. The Morgan fingerprint density at radius 2 is 2.00 bits per heavy atom. The Kier molecular flexibility index (Phi) is 3.87. The van der Waals surface area contributed by atoms with Crippen LogP contribution in [0.25, 0.3) is 0 Å². The van der Waals surface area contributed by atoms with E-state index in [1.165, 1.54) is 11.1 Å². The molecule has 0 saturated heterocycles. The van der Waals surface area contributed by atoms with Crippen molar-refractivity contribution in [3.63, 3.8) is 0 Å². The van der Waals surface area contributed by atoms with Gasteiger partial charge in [0.1, 0.15) is 5.82 Å². The fourth-order valence-electron chi connectivity index (χ4n) is 3.26. The first-order chi connectivity index (χ1) is 10.2. The van der Waals surface area contributed by atoms with Crippen LogP contribution in [0.5, 0.6) is 0 Å². The highest BCUT2D eigenvalue weighted by molar-refractivity contribution is 5.97. The van der Waals surface area contributed by atoms with Gasteiger partial charge in [0.2, 0.25) is 0 Å². The monoisotopic (exact) mass is 282 g/mol.